The molecule has 0 aliphatic carbocycles. The molecule has 5 nitrogen and oxygen atoms in total. The molecule has 1 rings (SSSR count). The highest BCUT2D eigenvalue weighted by molar-refractivity contribution is 5.84. The zero-order valence-corrected chi connectivity index (χ0v) is 11.7. The highest BCUT2D eigenvalue weighted by atomic mass is 16.4. The molecular formula is C13H24N2O3. The maximum absolute atomic E-state index is 12.0. The first-order valence-corrected chi connectivity index (χ1v) is 6.49. The van der Waals surface area contributed by atoms with Crippen molar-refractivity contribution in [2.45, 2.75) is 52.1 Å². The van der Waals surface area contributed by atoms with E-state index in [0.29, 0.717) is 19.5 Å². The molecule has 1 fully saturated rings. The van der Waals surface area contributed by atoms with E-state index < -0.39 is 12.0 Å². The fourth-order valence-corrected chi connectivity index (χ4v) is 2.29. The van der Waals surface area contributed by atoms with Crippen molar-refractivity contribution in [3.63, 3.8) is 0 Å². The van der Waals surface area contributed by atoms with E-state index in [1.54, 1.807) is 0 Å². The summed E-state index contributed by atoms with van der Waals surface area (Å²) in [6.45, 7) is 9.14. The Labute approximate surface area is 109 Å². The second-order valence-electron chi connectivity index (χ2n) is 6.06. The number of carbonyl (C=O) groups is 2. The first-order valence-electron chi connectivity index (χ1n) is 6.49. The number of hydrogen-bond donors (Lipinski definition) is 2. The summed E-state index contributed by atoms with van der Waals surface area (Å²) in [6.07, 6.45) is 1.13. The second kappa shape index (κ2) is 5.69. The molecule has 2 atom stereocenters. The third kappa shape index (κ3) is 3.98. The first kappa shape index (κ1) is 15.0. The summed E-state index contributed by atoms with van der Waals surface area (Å²) in [6, 6.07) is -0.646. The van der Waals surface area contributed by atoms with Gasteiger partial charge < -0.3 is 15.3 Å². The topological polar surface area (TPSA) is 69.6 Å². The van der Waals surface area contributed by atoms with Gasteiger partial charge in [-0.15, -0.1) is 0 Å². The highest BCUT2D eigenvalue weighted by Gasteiger charge is 2.39. The second-order valence-corrected chi connectivity index (χ2v) is 6.06. The monoisotopic (exact) mass is 256 g/mol. The SMILES string of the molecule is CC1CCN(C(=O)CCNC(C)(C)C)C1C(=O)O. The molecular weight excluding hydrogens is 232 g/mol. The van der Waals surface area contributed by atoms with E-state index in [-0.39, 0.29) is 17.4 Å². The molecule has 2 N–H and O–H groups in total. The molecule has 0 radical (unpaired) electrons. The highest BCUT2D eigenvalue weighted by Crippen LogP contribution is 2.24. The number of rotatable bonds is 4. The summed E-state index contributed by atoms with van der Waals surface area (Å²) in [5.74, 6) is -0.914. The van der Waals surface area contributed by atoms with Crippen molar-refractivity contribution in [2.24, 2.45) is 5.92 Å². The summed E-state index contributed by atoms with van der Waals surface area (Å²) in [7, 11) is 0. The van der Waals surface area contributed by atoms with Gasteiger partial charge in [-0.2, -0.15) is 0 Å². The van der Waals surface area contributed by atoms with Crippen LogP contribution in [0.3, 0.4) is 0 Å². The Morgan fingerprint density at radius 1 is 1.39 bits per heavy atom. The predicted molar refractivity (Wildman–Crippen MR) is 69.3 cm³/mol. The number of carbonyl (C=O) groups excluding carboxylic acids is 1. The standard InChI is InChI=1S/C13H24N2O3/c1-9-6-8-15(11(9)12(17)18)10(16)5-7-14-13(2,3)4/h9,11,14H,5-8H2,1-4H3,(H,17,18). The maximum Gasteiger partial charge on any atom is 0.326 e. The van der Waals surface area contributed by atoms with Crippen LogP contribution in [0, 0.1) is 5.92 Å². The number of nitrogens with one attached hydrogen (secondary N) is 1. The first-order chi connectivity index (χ1) is 8.22. The van der Waals surface area contributed by atoms with Crippen LogP contribution < -0.4 is 5.32 Å². The van der Waals surface area contributed by atoms with Crippen LogP contribution in [0.15, 0.2) is 0 Å². The Bertz CT molecular complexity index is 323. The van der Waals surface area contributed by atoms with Crippen molar-refractivity contribution < 1.29 is 14.7 Å². The quantitative estimate of drug-likeness (QED) is 0.790. The van der Waals surface area contributed by atoms with Gasteiger partial charge in [0.25, 0.3) is 0 Å². The Kier molecular flexibility index (Phi) is 4.73. The van der Waals surface area contributed by atoms with Gasteiger partial charge in [0, 0.05) is 25.0 Å². The largest absolute Gasteiger partial charge is 0.480 e. The molecule has 1 saturated heterocycles. The summed E-state index contributed by atoms with van der Waals surface area (Å²) in [5.41, 5.74) is -0.0230. The van der Waals surface area contributed by atoms with E-state index in [9.17, 15) is 9.59 Å². The van der Waals surface area contributed by atoms with E-state index in [0.717, 1.165) is 6.42 Å². The summed E-state index contributed by atoms with van der Waals surface area (Å²) >= 11 is 0. The van der Waals surface area contributed by atoms with E-state index in [4.69, 9.17) is 5.11 Å². The normalized spacial score (nSPS) is 24.3. The van der Waals surface area contributed by atoms with Gasteiger partial charge in [-0.05, 0) is 33.1 Å². The summed E-state index contributed by atoms with van der Waals surface area (Å²) in [4.78, 5) is 24.7. The molecule has 0 bridgehead atoms. The zero-order valence-electron chi connectivity index (χ0n) is 11.7. The molecule has 1 amide bonds. The van der Waals surface area contributed by atoms with Crippen LogP contribution in [0.4, 0.5) is 0 Å². The number of aliphatic carboxylic acids is 1. The van der Waals surface area contributed by atoms with E-state index in [1.165, 1.54) is 4.90 Å². The van der Waals surface area contributed by atoms with Crippen LogP contribution in [0.1, 0.15) is 40.5 Å². The van der Waals surface area contributed by atoms with Gasteiger partial charge in [0.1, 0.15) is 6.04 Å². The van der Waals surface area contributed by atoms with E-state index in [2.05, 4.69) is 5.32 Å². The van der Waals surface area contributed by atoms with Crippen LogP contribution in [0.2, 0.25) is 0 Å². The van der Waals surface area contributed by atoms with Crippen molar-refractivity contribution in [3.05, 3.63) is 0 Å². The number of likely N-dealkylation sites (tertiary alicyclic amines) is 1. The molecule has 0 aromatic heterocycles. The van der Waals surface area contributed by atoms with Crippen LogP contribution >= 0.6 is 0 Å². The lowest BCUT2D eigenvalue weighted by Crippen LogP contribution is -2.44. The van der Waals surface area contributed by atoms with Crippen molar-refractivity contribution in [2.75, 3.05) is 13.1 Å². The molecule has 2 unspecified atom stereocenters. The number of carboxylic acids is 1. The van der Waals surface area contributed by atoms with Gasteiger partial charge in [0.05, 0.1) is 0 Å². The van der Waals surface area contributed by atoms with Crippen molar-refractivity contribution >= 4 is 11.9 Å². The molecule has 1 aliphatic heterocycles. The van der Waals surface area contributed by atoms with Gasteiger partial charge in [0.2, 0.25) is 5.91 Å². The van der Waals surface area contributed by atoms with Crippen molar-refractivity contribution in [3.8, 4) is 0 Å². The molecule has 0 aromatic rings. The molecule has 18 heavy (non-hydrogen) atoms. The molecule has 5 heteroatoms. The molecule has 0 aromatic carbocycles. The summed E-state index contributed by atoms with van der Waals surface area (Å²) in [5, 5.41) is 12.4. The Hall–Kier alpha value is -1.10. The van der Waals surface area contributed by atoms with Crippen LogP contribution in [0.25, 0.3) is 0 Å². The molecule has 0 spiro atoms. The molecule has 1 aliphatic rings. The van der Waals surface area contributed by atoms with Crippen molar-refractivity contribution in [1.82, 2.24) is 10.2 Å². The Morgan fingerprint density at radius 3 is 2.50 bits per heavy atom. The predicted octanol–water partition coefficient (Wildman–Crippen LogP) is 1.09. The maximum atomic E-state index is 12.0. The van der Waals surface area contributed by atoms with Gasteiger partial charge in [0.15, 0.2) is 0 Å². The van der Waals surface area contributed by atoms with Crippen LogP contribution in [0.5, 0.6) is 0 Å². The fourth-order valence-electron chi connectivity index (χ4n) is 2.29. The summed E-state index contributed by atoms with van der Waals surface area (Å²) < 4.78 is 0. The third-order valence-corrected chi connectivity index (χ3v) is 3.27. The number of carboxylic acid groups (broad SMARTS) is 1. The minimum atomic E-state index is -0.892. The minimum Gasteiger partial charge on any atom is -0.480 e. The molecule has 104 valence electrons. The van der Waals surface area contributed by atoms with Gasteiger partial charge in [-0.25, -0.2) is 4.79 Å². The number of amides is 1. The Balaban J connectivity index is 2.49. The number of hydrogen-bond acceptors (Lipinski definition) is 3. The average Bonchev–Trinajstić information content (AvgIpc) is 2.58. The minimum absolute atomic E-state index is 0.0230. The molecule has 1 heterocycles. The lowest BCUT2D eigenvalue weighted by atomic mass is 10.0. The molecule has 0 saturated carbocycles. The fraction of sp³-hybridized carbons (Fsp3) is 0.846. The Morgan fingerprint density at radius 2 is 2.00 bits per heavy atom. The van der Waals surface area contributed by atoms with E-state index >= 15 is 0 Å². The van der Waals surface area contributed by atoms with Gasteiger partial charge >= 0.3 is 5.97 Å². The zero-order chi connectivity index (χ0) is 13.9. The number of nitrogens with zero attached hydrogens (tertiary/aromatic N) is 1. The van der Waals surface area contributed by atoms with Crippen LogP contribution in [-0.2, 0) is 9.59 Å². The smallest absolute Gasteiger partial charge is 0.326 e. The third-order valence-electron chi connectivity index (χ3n) is 3.27. The van der Waals surface area contributed by atoms with E-state index in [1.807, 2.05) is 27.7 Å². The van der Waals surface area contributed by atoms with Gasteiger partial charge in [-0.1, -0.05) is 6.92 Å². The van der Waals surface area contributed by atoms with Gasteiger partial charge in [-0.3, -0.25) is 4.79 Å². The lowest BCUT2D eigenvalue weighted by molar-refractivity contribution is -0.149. The van der Waals surface area contributed by atoms with Crippen molar-refractivity contribution in [1.29, 1.82) is 0 Å². The van der Waals surface area contributed by atoms with Crippen LogP contribution in [-0.4, -0.2) is 46.6 Å². The average molecular weight is 256 g/mol. The lowest BCUT2D eigenvalue weighted by Gasteiger charge is -2.25.